The molecule has 0 aliphatic carbocycles. The summed E-state index contributed by atoms with van der Waals surface area (Å²) in [4.78, 5) is 2.41. The van der Waals surface area contributed by atoms with Crippen molar-refractivity contribution in [1.29, 1.82) is 0 Å². The summed E-state index contributed by atoms with van der Waals surface area (Å²) in [6.45, 7) is 11.8. The van der Waals surface area contributed by atoms with E-state index in [0.29, 0.717) is 0 Å². The number of rotatable bonds is 3. The van der Waals surface area contributed by atoms with Crippen LogP contribution in [-0.4, -0.2) is 24.6 Å². The van der Waals surface area contributed by atoms with Gasteiger partial charge in [0.25, 0.3) is 0 Å². The zero-order valence-corrected chi connectivity index (χ0v) is 21.0. The van der Waals surface area contributed by atoms with Crippen molar-refractivity contribution in [2.45, 2.75) is 39.5 Å². The van der Waals surface area contributed by atoms with Gasteiger partial charge in [-0.1, -0.05) is 67.7 Å². The van der Waals surface area contributed by atoms with Crippen molar-refractivity contribution in [3.05, 3.63) is 101 Å². The lowest BCUT2D eigenvalue weighted by Crippen LogP contribution is -2.31. The van der Waals surface area contributed by atoms with E-state index in [1.54, 1.807) is 5.20 Å². The first-order valence-electron chi connectivity index (χ1n) is 11.5. The lowest BCUT2D eigenvalue weighted by molar-refractivity contribution is 0.385. The molecule has 0 fully saturated rings. The van der Waals surface area contributed by atoms with Gasteiger partial charge in [-0.3, -0.25) is 0 Å². The fourth-order valence-corrected chi connectivity index (χ4v) is 7.09. The Bertz CT molecular complexity index is 1380. The highest BCUT2D eigenvalue weighted by Gasteiger charge is 2.28. The van der Waals surface area contributed by atoms with E-state index in [2.05, 4.69) is 129 Å². The van der Waals surface area contributed by atoms with Crippen LogP contribution < -0.4 is 0 Å². The summed E-state index contributed by atoms with van der Waals surface area (Å²) in [5.41, 5.74) is 7.91. The van der Waals surface area contributed by atoms with Crippen LogP contribution >= 0.6 is 0 Å². The molecule has 162 valence electrons. The number of fused-ring (bicyclic) bond motifs is 3. The Morgan fingerprint density at radius 1 is 0.781 bits per heavy atom. The van der Waals surface area contributed by atoms with Gasteiger partial charge in [-0.25, -0.2) is 0 Å². The maximum absolute atomic E-state index is 2.47. The molecule has 32 heavy (non-hydrogen) atoms. The maximum atomic E-state index is 2.47. The second kappa shape index (κ2) is 7.53. The fraction of sp³-hybridized carbons (Fsp3) is 0.241. The smallest absolute Gasteiger partial charge is 0.0798 e. The molecular formula is C29H32N2Si. The first kappa shape index (κ1) is 20.8. The van der Waals surface area contributed by atoms with Gasteiger partial charge in [0, 0.05) is 23.5 Å². The molecule has 2 heterocycles. The minimum absolute atomic E-state index is 0.252. The van der Waals surface area contributed by atoms with Crippen LogP contribution in [0.1, 0.15) is 24.1 Å². The van der Waals surface area contributed by atoms with Gasteiger partial charge in [-0.05, 0) is 66.7 Å². The second-order valence-corrected chi connectivity index (χ2v) is 15.2. The van der Waals surface area contributed by atoms with Crippen molar-refractivity contribution in [3.8, 4) is 5.69 Å². The molecule has 0 saturated heterocycles. The summed E-state index contributed by atoms with van der Waals surface area (Å²) in [7, 11) is 0.849. The van der Waals surface area contributed by atoms with Crippen molar-refractivity contribution in [2.75, 3.05) is 7.05 Å². The van der Waals surface area contributed by atoms with Gasteiger partial charge in [0.2, 0.25) is 0 Å². The average Bonchev–Trinajstić information content (AvgIpc) is 3.08. The van der Waals surface area contributed by atoms with Crippen LogP contribution in [0.3, 0.4) is 0 Å². The Hall–Kier alpha value is -3.04. The van der Waals surface area contributed by atoms with Crippen molar-refractivity contribution in [2.24, 2.45) is 0 Å². The van der Waals surface area contributed by atoms with Crippen LogP contribution in [0.5, 0.6) is 0 Å². The average molecular weight is 437 g/mol. The molecule has 0 bridgehead atoms. The van der Waals surface area contributed by atoms with E-state index in [1.807, 2.05) is 0 Å². The summed E-state index contributed by atoms with van der Waals surface area (Å²) in [5, 5.41) is 4.18. The Morgan fingerprint density at radius 3 is 2.19 bits per heavy atom. The number of para-hydroxylation sites is 2. The molecule has 0 saturated carbocycles. The monoisotopic (exact) mass is 436 g/mol. The van der Waals surface area contributed by atoms with E-state index in [4.69, 9.17) is 0 Å². The molecule has 5 rings (SSSR count). The van der Waals surface area contributed by atoms with E-state index in [1.165, 1.54) is 44.2 Å². The van der Waals surface area contributed by atoms with Crippen LogP contribution in [0.25, 0.3) is 27.5 Å². The van der Waals surface area contributed by atoms with Crippen LogP contribution in [0.4, 0.5) is 0 Å². The van der Waals surface area contributed by atoms with E-state index >= 15 is 0 Å². The van der Waals surface area contributed by atoms with E-state index < -0.39 is 8.07 Å². The minimum Gasteiger partial charge on any atom is -0.370 e. The fourth-order valence-electron chi connectivity index (χ4n) is 5.24. The first-order valence-corrected chi connectivity index (χ1v) is 15.0. The number of aryl methyl sites for hydroxylation is 1. The summed E-state index contributed by atoms with van der Waals surface area (Å²) in [6.07, 6.45) is 4.87. The van der Waals surface area contributed by atoms with Crippen molar-refractivity contribution >= 4 is 29.9 Å². The third-order valence-corrected chi connectivity index (χ3v) is 8.95. The lowest BCUT2D eigenvalue weighted by atomic mass is 9.95. The highest BCUT2D eigenvalue weighted by molar-refractivity contribution is 6.84. The summed E-state index contributed by atoms with van der Waals surface area (Å²) in [5.74, 6) is 0. The van der Waals surface area contributed by atoms with Crippen LogP contribution in [0, 0.1) is 6.92 Å². The molecule has 3 aromatic carbocycles. The number of likely N-dealkylation sites (N-methyl/N-ethyl adjacent to an activating group) is 1. The number of hydrogen-bond acceptors (Lipinski definition) is 1. The van der Waals surface area contributed by atoms with Gasteiger partial charge in [0.1, 0.15) is 0 Å². The van der Waals surface area contributed by atoms with Gasteiger partial charge in [-0.15, -0.1) is 0 Å². The molecule has 0 amide bonds. The molecule has 2 nitrogen and oxygen atoms in total. The van der Waals surface area contributed by atoms with Crippen molar-refractivity contribution in [3.63, 3.8) is 0 Å². The van der Waals surface area contributed by atoms with Crippen molar-refractivity contribution < 1.29 is 0 Å². The highest BCUT2D eigenvalue weighted by atomic mass is 28.3. The summed E-state index contributed by atoms with van der Waals surface area (Å²) >= 11 is 0. The number of benzene rings is 3. The van der Waals surface area contributed by atoms with Crippen LogP contribution in [-0.2, 0) is 0 Å². The molecule has 4 aromatic rings. The Labute approximate surface area is 192 Å². The predicted molar refractivity (Wildman–Crippen MR) is 141 cm³/mol. The number of allylic oxidation sites excluding steroid dienone is 2. The Kier molecular flexibility index (Phi) is 4.90. The van der Waals surface area contributed by atoms with Crippen LogP contribution in [0.15, 0.2) is 89.8 Å². The first-order chi connectivity index (χ1) is 15.3. The van der Waals surface area contributed by atoms with Gasteiger partial charge in [-0.2, -0.15) is 0 Å². The topological polar surface area (TPSA) is 8.17 Å². The molecule has 3 heteroatoms. The van der Waals surface area contributed by atoms with Crippen molar-refractivity contribution in [1.82, 2.24) is 9.47 Å². The van der Waals surface area contributed by atoms with Gasteiger partial charge < -0.3 is 9.47 Å². The van der Waals surface area contributed by atoms with Crippen LogP contribution in [0.2, 0.25) is 19.6 Å². The Morgan fingerprint density at radius 2 is 1.47 bits per heavy atom. The molecule has 1 aliphatic heterocycles. The van der Waals surface area contributed by atoms with E-state index in [-0.39, 0.29) is 6.04 Å². The normalized spacial score (nSPS) is 17.1. The molecule has 0 spiro atoms. The summed E-state index contributed by atoms with van der Waals surface area (Å²) in [6, 6.07) is 24.5. The third kappa shape index (κ3) is 3.32. The largest absolute Gasteiger partial charge is 0.370 e. The third-order valence-electron chi connectivity index (χ3n) is 6.81. The SMILES string of the molecule is CC1=CC(c2cc3c(cc2C)c2ccccc2n3-c2ccccc2)N(C)C=C1[Si](C)(C)C. The molecular weight excluding hydrogens is 404 g/mol. The van der Waals surface area contributed by atoms with E-state index in [9.17, 15) is 0 Å². The number of aromatic nitrogens is 1. The maximum Gasteiger partial charge on any atom is 0.0798 e. The number of hydrogen-bond donors (Lipinski definition) is 0. The molecule has 1 aliphatic rings. The summed E-state index contributed by atoms with van der Waals surface area (Å²) < 4.78 is 2.41. The quantitative estimate of drug-likeness (QED) is 0.298. The standard InChI is InChI=1S/C29H32N2Si/c1-20-16-25-23-14-10-11-15-26(23)31(22-12-8-7-9-13-22)28(25)18-24(20)27-17-21(2)29(19-30(27)3)32(4,5)6/h7-19,27H,1-6H3. The second-order valence-electron chi connectivity index (χ2n) is 10.2. The van der Waals surface area contributed by atoms with Gasteiger partial charge in [0.05, 0.1) is 25.1 Å². The number of nitrogens with zero attached hydrogens (tertiary/aromatic N) is 2. The highest BCUT2D eigenvalue weighted by Crippen LogP contribution is 2.39. The molecule has 1 unspecified atom stereocenters. The molecule has 1 aromatic heterocycles. The molecule has 0 N–H and O–H groups in total. The lowest BCUT2D eigenvalue weighted by Gasteiger charge is -2.35. The molecule has 0 radical (unpaired) electrons. The Balaban J connectivity index is 1.74. The zero-order chi connectivity index (χ0) is 22.6. The molecule has 1 atom stereocenters. The minimum atomic E-state index is -1.38. The zero-order valence-electron chi connectivity index (χ0n) is 20.0. The van der Waals surface area contributed by atoms with Gasteiger partial charge >= 0.3 is 0 Å². The van der Waals surface area contributed by atoms with E-state index in [0.717, 1.165) is 0 Å². The predicted octanol–water partition coefficient (Wildman–Crippen LogP) is 7.79. The van der Waals surface area contributed by atoms with Gasteiger partial charge in [0.15, 0.2) is 0 Å².